The molecule has 0 aromatic rings. The Morgan fingerprint density at radius 2 is 2.00 bits per heavy atom. The molecule has 1 heterocycles. The third kappa shape index (κ3) is 2.81. The minimum Gasteiger partial charge on any atom is -0.359 e. The molecule has 1 atom stereocenters. The van der Waals surface area contributed by atoms with E-state index < -0.39 is 5.41 Å². The van der Waals surface area contributed by atoms with Gasteiger partial charge in [0.05, 0.1) is 6.07 Å². The molecule has 5 nitrogen and oxygen atoms in total. The van der Waals surface area contributed by atoms with Crippen LogP contribution in [0.3, 0.4) is 0 Å². The molecule has 18 heavy (non-hydrogen) atoms. The second-order valence-electron chi connectivity index (χ2n) is 4.98. The third-order valence-corrected chi connectivity index (χ3v) is 3.83. The van der Waals surface area contributed by atoms with E-state index in [0.29, 0.717) is 32.4 Å². The molecule has 1 unspecified atom stereocenters. The largest absolute Gasteiger partial charge is 0.359 e. The Kier molecular flexibility index (Phi) is 4.71. The Bertz CT molecular complexity index is 367. The molecule has 0 spiro atoms. The second kappa shape index (κ2) is 5.85. The van der Waals surface area contributed by atoms with Crippen LogP contribution < -0.4 is 5.32 Å². The van der Waals surface area contributed by atoms with Gasteiger partial charge in [-0.15, -0.1) is 0 Å². The van der Waals surface area contributed by atoms with E-state index in [1.807, 2.05) is 6.92 Å². The first-order valence-electron chi connectivity index (χ1n) is 6.40. The van der Waals surface area contributed by atoms with Crippen LogP contribution in [-0.2, 0) is 9.59 Å². The monoisotopic (exact) mass is 251 g/mol. The fraction of sp³-hybridized carbons (Fsp3) is 0.769. The van der Waals surface area contributed by atoms with Crippen molar-refractivity contribution in [2.24, 2.45) is 11.3 Å². The lowest BCUT2D eigenvalue weighted by Gasteiger charge is -2.34. The molecule has 0 aromatic heterocycles. The molecule has 1 saturated heterocycles. The first-order valence-corrected chi connectivity index (χ1v) is 6.40. The quantitative estimate of drug-likeness (QED) is 0.810. The first-order chi connectivity index (χ1) is 8.48. The lowest BCUT2D eigenvalue weighted by molar-refractivity contribution is -0.141. The number of piperidine rings is 1. The van der Waals surface area contributed by atoms with Gasteiger partial charge < -0.3 is 10.2 Å². The summed E-state index contributed by atoms with van der Waals surface area (Å²) in [6.45, 7) is 4.65. The summed E-state index contributed by atoms with van der Waals surface area (Å²) >= 11 is 0. The predicted molar refractivity (Wildman–Crippen MR) is 67.4 cm³/mol. The summed E-state index contributed by atoms with van der Waals surface area (Å²) in [6, 6.07) is 2.10. The van der Waals surface area contributed by atoms with Crippen LogP contribution in [0.5, 0.6) is 0 Å². The predicted octanol–water partition coefficient (Wildman–Crippen LogP) is 0.911. The van der Waals surface area contributed by atoms with E-state index >= 15 is 0 Å². The van der Waals surface area contributed by atoms with Crippen LogP contribution in [0, 0.1) is 22.7 Å². The van der Waals surface area contributed by atoms with Crippen molar-refractivity contribution in [1.29, 1.82) is 5.26 Å². The van der Waals surface area contributed by atoms with Crippen molar-refractivity contribution in [1.82, 2.24) is 10.2 Å². The Labute approximate surface area is 108 Å². The highest BCUT2D eigenvalue weighted by Crippen LogP contribution is 2.26. The topological polar surface area (TPSA) is 73.2 Å². The van der Waals surface area contributed by atoms with Gasteiger partial charge >= 0.3 is 0 Å². The second-order valence-corrected chi connectivity index (χ2v) is 4.98. The fourth-order valence-electron chi connectivity index (χ4n) is 2.18. The third-order valence-electron chi connectivity index (χ3n) is 3.83. The molecule has 0 aliphatic carbocycles. The molecule has 0 bridgehead atoms. The smallest absolute Gasteiger partial charge is 0.242 e. The highest BCUT2D eigenvalue weighted by Gasteiger charge is 2.37. The van der Waals surface area contributed by atoms with E-state index in [4.69, 9.17) is 5.26 Å². The Balaban J connectivity index is 2.61. The number of carbonyl (C=O) groups excluding carboxylic acids is 2. The Hall–Kier alpha value is -1.57. The van der Waals surface area contributed by atoms with E-state index in [1.165, 1.54) is 0 Å². The van der Waals surface area contributed by atoms with Gasteiger partial charge in [-0.1, -0.05) is 6.92 Å². The first kappa shape index (κ1) is 14.5. The highest BCUT2D eigenvalue weighted by molar-refractivity contribution is 5.85. The molecule has 5 heteroatoms. The average Bonchev–Trinajstić information content (AvgIpc) is 2.44. The van der Waals surface area contributed by atoms with Crippen LogP contribution in [0.4, 0.5) is 0 Å². The zero-order valence-corrected chi connectivity index (χ0v) is 11.3. The van der Waals surface area contributed by atoms with Gasteiger partial charge in [0.1, 0.15) is 5.41 Å². The van der Waals surface area contributed by atoms with Gasteiger partial charge in [0.25, 0.3) is 0 Å². The van der Waals surface area contributed by atoms with Crippen molar-refractivity contribution in [3.8, 4) is 6.07 Å². The van der Waals surface area contributed by atoms with Crippen LogP contribution in [-0.4, -0.2) is 36.9 Å². The number of nitrogens with one attached hydrogen (secondary N) is 1. The van der Waals surface area contributed by atoms with Crippen LogP contribution in [0.1, 0.15) is 33.1 Å². The van der Waals surface area contributed by atoms with Crippen molar-refractivity contribution in [3.63, 3.8) is 0 Å². The molecule has 1 N–H and O–H groups in total. The van der Waals surface area contributed by atoms with Gasteiger partial charge in [-0.25, -0.2) is 0 Å². The van der Waals surface area contributed by atoms with Gasteiger partial charge in [0.2, 0.25) is 11.8 Å². The molecule has 0 aromatic carbocycles. The number of carbonyl (C=O) groups is 2. The SMILES string of the molecule is CCC(C)(C#N)C(=O)N1CCC(C(=O)NC)CC1. The minimum atomic E-state index is -0.931. The highest BCUT2D eigenvalue weighted by atomic mass is 16.2. The van der Waals surface area contributed by atoms with Crippen LogP contribution >= 0.6 is 0 Å². The summed E-state index contributed by atoms with van der Waals surface area (Å²) < 4.78 is 0. The van der Waals surface area contributed by atoms with Gasteiger partial charge in [-0.2, -0.15) is 5.26 Å². The molecule has 0 radical (unpaired) electrons. The summed E-state index contributed by atoms with van der Waals surface area (Å²) in [4.78, 5) is 25.4. The maximum atomic E-state index is 12.2. The van der Waals surface area contributed by atoms with Crippen LogP contribution in [0.25, 0.3) is 0 Å². The van der Waals surface area contributed by atoms with Gasteiger partial charge in [-0.3, -0.25) is 9.59 Å². The van der Waals surface area contributed by atoms with Crippen LogP contribution in [0.2, 0.25) is 0 Å². The lowest BCUT2D eigenvalue weighted by atomic mass is 9.86. The number of hydrogen-bond donors (Lipinski definition) is 1. The Morgan fingerprint density at radius 3 is 2.39 bits per heavy atom. The van der Waals surface area contributed by atoms with Gasteiger partial charge in [0, 0.05) is 26.1 Å². The number of rotatable bonds is 3. The van der Waals surface area contributed by atoms with E-state index in [-0.39, 0.29) is 17.7 Å². The minimum absolute atomic E-state index is 0.00554. The van der Waals surface area contributed by atoms with Gasteiger partial charge in [-0.05, 0) is 26.2 Å². The normalized spacial score (nSPS) is 19.8. The number of nitriles is 1. The van der Waals surface area contributed by atoms with E-state index in [1.54, 1.807) is 18.9 Å². The molecular weight excluding hydrogens is 230 g/mol. The summed E-state index contributed by atoms with van der Waals surface area (Å²) in [6.07, 6.45) is 1.87. The maximum Gasteiger partial charge on any atom is 0.242 e. The van der Waals surface area contributed by atoms with Crippen LogP contribution in [0.15, 0.2) is 0 Å². The average molecular weight is 251 g/mol. The molecule has 1 fully saturated rings. The molecule has 1 aliphatic rings. The van der Waals surface area contributed by atoms with Crippen molar-refractivity contribution >= 4 is 11.8 Å². The molecule has 1 rings (SSSR count). The number of nitrogens with zero attached hydrogens (tertiary/aromatic N) is 2. The van der Waals surface area contributed by atoms with Crippen molar-refractivity contribution in [3.05, 3.63) is 0 Å². The van der Waals surface area contributed by atoms with Gasteiger partial charge in [0.15, 0.2) is 0 Å². The molecule has 0 saturated carbocycles. The number of amides is 2. The fourth-order valence-corrected chi connectivity index (χ4v) is 2.18. The summed E-state index contributed by atoms with van der Waals surface area (Å²) in [7, 11) is 1.63. The Morgan fingerprint density at radius 1 is 1.44 bits per heavy atom. The van der Waals surface area contributed by atoms with E-state index in [2.05, 4.69) is 11.4 Å². The number of likely N-dealkylation sites (tertiary alicyclic amines) is 1. The van der Waals surface area contributed by atoms with Crippen molar-refractivity contribution in [2.75, 3.05) is 20.1 Å². The maximum absolute atomic E-state index is 12.2. The van der Waals surface area contributed by atoms with E-state index in [0.717, 1.165) is 0 Å². The molecule has 1 aliphatic heterocycles. The molecule has 2 amide bonds. The lowest BCUT2D eigenvalue weighted by Crippen LogP contribution is -2.47. The zero-order valence-electron chi connectivity index (χ0n) is 11.3. The number of hydrogen-bond acceptors (Lipinski definition) is 3. The van der Waals surface area contributed by atoms with Crippen molar-refractivity contribution in [2.45, 2.75) is 33.1 Å². The summed E-state index contributed by atoms with van der Waals surface area (Å²) in [5.74, 6) is -0.0717. The standard InChI is InChI=1S/C13H21N3O2/c1-4-13(2,9-14)12(18)16-7-5-10(6-8-16)11(17)15-3/h10H,4-8H2,1-3H3,(H,15,17). The summed E-state index contributed by atoms with van der Waals surface area (Å²) in [5, 5.41) is 11.7. The summed E-state index contributed by atoms with van der Waals surface area (Å²) in [5.41, 5.74) is -0.931. The molecule has 100 valence electrons. The molecular formula is C13H21N3O2. The van der Waals surface area contributed by atoms with Crippen molar-refractivity contribution < 1.29 is 9.59 Å². The zero-order chi connectivity index (χ0) is 13.8. The van der Waals surface area contributed by atoms with E-state index in [9.17, 15) is 9.59 Å².